The number of hydrogen-bond donors (Lipinski definition) is 2. The summed E-state index contributed by atoms with van der Waals surface area (Å²) in [6.07, 6.45) is 0. The SMILES string of the molecule is CC1=C(C(=O)Nc2ccc(C(=O)NCc3ccccc3)cc2)SCCO1. The number of rotatable bonds is 5. The van der Waals surface area contributed by atoms with E-state index in [1.165, 1.54) is 11.8 Å². The van der Waals surface area contributed by atoms with Crippen molar-refractivity contribution in [3.63, 3.8) is 0 Å². The van der Waals surface area contributed by atoms with Crippen molar-refractivity contribution in [1.29, 1.82) is 0 Å². The minimum atomic E-state index is -0.187. The Labute approximate surface area is 156 Å². The van der Waals surface area contributed by atoms with Gasteiger partial charge in [-0.2, -0.15) is 0 Å². The summed E-state index contributed by atoms with van der Waals surface area (Å²) in [6.45, 7) is 2.89. The summed E-state index contributed by atoms with van der Waals surface area (Å²) in [5, 5.41) is 5.72. The molecule has 0 fully saturated rings. The van der Waals surface area contributed by atoms with Gasteiger partial charge in [0.15, 0.2) is 0 Å². The molecule has 0 atom stereocenters. The summed E-state index contributed by atoms with van der Waals surface area (Å²) in [7, 11) is 0. The molecule has 2 amide bonds. The fourth-order valence-electron chi connectivity index (χ4n) is 2.50. The molecule has 0 spiro atoms. The minimum absolute atomic E-state index is 0.151. The van der Waals surface area contributed by atoms with Crippen LogP contribution >= 0.6 is 11.8 Å². The Kier molecular flexibility index (Phi) is 5.96. The van der Waals surface area contributed by atoms with Gasteiger partial charge < -0.3 is 15.4 Å². The number of carbonyl (C=O) groups excluding carboxylic acids is 2. The molecule has 0 saturated carbocycles. The molecule has 2 aromatic carbocycles. The van der Waals surface area contributed by atoms with Crippen molar-refractivity contribution in [3.8, 4) is 0 Å². The summed E-state index contributed by atoms with van der Waals surface area (Å²) in [6, 6.07) is 16.6. The molecule has 0 radical (unpaired) electrons. The van der Waals surface area contributed by atoms with Crippen LogP contribution in [0.2, 0.25) is 0 Å². The van der Waals surface area contributed by atoms with Crippen LogP contribution in [0.15, 0.2) is 65.3 Å². The lowest BCUT2D eigenvalue weighted by molar-refractivity contribution is -0.112. The number of benzene rings is 2. The maximum Gasteiger partial charge on any atom is 0.265 e. The van der Waals surface area contributed by atoms with Crippen molar-refractivity contribution >= 4 is 29.3 Å². The Balaban J connectivity index is 1.57. The van der Waals surface area contributed by atoms with Crippen LogP contribution in [0.4, 0.5) is 5.69 Å². The fraction of sp³-hybridized carbons (Fsp3) is 0.200. The van der Waals surface area contributed by atoms with E-state index >= 15 is 0 Å². The van der Waals surface area contributed by atoms with Gasteiger partial charge in [-0.15, -0.1) is 11.8 Å². The van der Waals surface area contributed by atoms with Crippen LogP contribution in [0.1, 0.15) is 22.8 Å². The molecule has 1 aliphatic rings. The Morgan fingerprint density at radius 1 is 1.04 bits per heavy atom. The van der Waals surface area contributed by atoms with Crippen LogP contribution in [-0.2, 0) is 16.1 Å². The number of thioether (sulfide) groups is 1. The topological polar surface area (TPSA) is 67.4 Å². The summed E-state index contributed by atoms with van der Waals surface area (Å²) in [4.78, 5) is 25.1. The monoisotopic (exact) mass is 368 g/mol. The van der Waals surface area contributed by atoms with E-state index in [0.29, 0.717) is 35.1 Å². The summed E-state index contributed by atoms with van der Waals surface area (Å²) < 4.78 is 5.41. The van der Waals surface area contributed by atoms with Crippen LogP contribution < -0.4 is 10.6 Å². The Bertz CT molecular complexity index is 817. The van der Waals surface area contributed by atoms with Crippen molar-refractivity contribution in [2.45, 2.75) is 13.5 Å². The third-order valence-electron chi connectivity index (χ3n) is 3.88. The van der Waals surface area contributed by atoms with E-state index in [4.69, 9.17) is 4.74 Å². The van der Waals surface area contributed by atoms with E-state index < -0.39 is 0 Å². The molecular formula is C20H20N2O3S. The Hall–Kier alpha value is -2.73. The van der Waals surface area contributed by atoms with Crippen LogP contribution in [0.25, 0.3) is 0 Å². The second kappa shape index (κ2) is 8.58. The van der Waals surface area contributed by atoms with Crippen LogP contribution in [-0.4, -0.2) is 24.2 Å². The fourth-order valence-corrected chi connectivity index (χ4v) is 3.32. The molecule has 0 bridgehead atoms. The molecule has 26 heavy (non-hydrogen) atoms. The minimum Gasteiger partial charge on any atom is -0.496 e. The lowest BCUT2D eigenvalue weighted by atomic mass is 10.1. The average Bonchev–Trinajstić information content (AvgIpc) is 2.68. The molecule has 1 heterocycles. The number of nitrogens with one attached hydrogen (secondary N) is 2. The molecule has 5 nitrogen and oxygen atoms in total. The second-order valence-corrected chi connectivity index (χ2v) is 6.89. The molecule has 134 valence electrons. The van der Waals surface area contributed by atoms with Crippen LogP contribution in [0, 0.1) is 0 Å². The summed E-state index contributed by atoms with van der Waals surface area (Å²) >= 11 is 1.49. The molecule has 0 saturated heterocycles. The van der Waals surface area contributed by atoms with Gasteiger partial charge in [0.2, 0.25) is 0 Å². The highest BCUT2D eigenvalue weighted by Crippen LogP contribution is 2.26. The highest BCUT2D eigenvalue weighted by Gasteiger charge is 2.18. The second-order valence-electron chi connectivity index (χ2n) is 5.78. The number of allylic oxidation sites excluding steroid dienone is 1. The van der Waals surface area contributed by atoms with Gasteiger partial charge in [-0.25, -0.2) is 0 Å². The third kappa shape index (κ3) is 4.67. The molecule has 1 aliphatic heterocycles. The lowest BCUT2D eigenvalue weighted by Gasteiger charge is -2.17. The summed E-state index contributed by atoms with van der Waals surface area (Å²) in [5.74, 6) is 1.08. The molecular weight excluding hydrogens is 348 g/mol. The van der Waals surface area contributed by atoms with E-state index in [1.54, 1.807) is 31.2 Å². The molecule has 0 aromatic heterocycles. The lowest BCUT2D eigenvalue weighted by Crippen LogP contribution is -2.22. The highest BCUT2D eigenvalue weighted by molar-refractivity contribution is 8.04. The maximum absolute atomic E-state index is 12.3. The number of anilines is 1. The maximum atomic E-state index is 12.3. The van der Waals surface area contributed by atoms with Gasteiger partial charge in [-0.1, -0.05) is 30.3 Å². The Morgan fingerprint density at radius 3 is 2.46 bits per heavy atom. The predicted octanol–water partition coefficient (Wildman–Crippen LogP) is 3.55. The van der Waals surface area contributed by atoms with Crippen molar-refractivity contribution < 1.29 is 14.3 Å². The zero-order valence-electron chi connectivity index (χ0n) is 14.5. The first-order chi connectivity index (χ1) is 12.6. The van der Waals surface area contributed by atoms with Crippen molar-refractivity contribution in [1.82, 2.24) is 5.32 Å². The molecule has 0 aliphatic carbocycles. The third-order valence-corrected chi connectivity index (χ3v) is 5.01. The zero-order valence-corrected chi connectivity index (χ0v) is 15.3. The first kappa shape index (κ1) is 18.1. The number of amides is 2. The molecule has 0 unspecified atom stereocenters. The summed E-state index contributed by atoms with van der Waals surface area (Å²) in [5.41, 5.74) is 2.23. The van der Waals surface area contributed by atoms with E-state index in [9.17, 15) is 9.59 Å². The van der Waals surface area contributed by atoms with Gasteiger partial charge in [-0.3, -0.25) is 9.59 Å². The molecule has 2 aromatic rings. The van der Waals surface area contributed by atoms with Gasteiger partial charge in [0.05, 0.1) is 6.61 Å². The van der Waals surface area contributed by atoms with E-state index in [2.05, 4.69) is 10.6 Å². The molecule has 2 N–H and O–H groups in total. The van der Waals surface area contributed by atoms with Crippen molar-refractivity contribution in [3.05, 3.63) is 76.4 Å². The predicted molar refractivity (Wildman–Crippen MR) is 104 cm³/mol. The van der Waals surface area contributed by atoms with Crippen molar-refractivity contribution in [2.24, 2.45) is 0 Å². The highest BCUT2D eigenvalue weighted by atomic mass is 32.2. The standard InChI is InChI=1S/C20H20N2O3S/c1-14-18(26-12-11-25-14)20(24)22-17-9-7-16(8-10-17)19(23)21-13-15-5-3-2-4-6-15/h2-10H,11-13H2,1H3,(H,21,23)(H,22,24). The largest absolute Gasteiger partial charge is 0.496 e. The van der Waals surface area contributed by atoms with Crippen molar-refractivity contribution in [2.75, 3.05) is 17.7 Å². The van der Waals surface area contributed by atoms with E-state index in [1.807, 2.05) is 30.3 Å². The van der Waals surface area contributed by atoms with Gasteiger partial charge >= 0.3 is 0 Å². The van der Waals surface area contributed by atoms with Crippen LogP contribution in [0.5, 0.6) is 0 Å². The quantitative estimate of drug-likeness (QED) is 0.847. The molecule has 6 heteroatoms. The first-order valence-corrected chi connectivity index (χ1v) is 9.32. The van der Waals surface area contributed by atoms with Gasteiger partial charge in [0.25, 0.3) is 11.8 Å². The van der Waals surface area contributed by atoms with Gasteiger partial charge in [0, 0.05) is 23.5 Å². The van der Waals surface area contributed by atoms with Gasteiger partial charge in [0.1, 0.15) is 10.7 Å². The van der Waals surface area contributed by atoms with Crippen LogP contribution in [0.3, 0.4) is 0 Å². The number of carbonyl (C=O) groups is 2. The average molecular weight is 368 g/mol. The smallest absolute Gasteiger partial charge is 0.265 e. The van der Waals surface area contributed by atoms with Gasteiger partial charge in [-0.05, 0) is 36.8 Å². The number of ether oxygens (including phenoxy) is 1. The zero-order chi connectivity index (χ0) is 18.4. The Morgan fingerprint density at radius 2 is 1.77 bits per heavy atom. The first-order valence-electron chi connectivity index (χ1n) is 8.33. The molecule has 3 rings (SSSR count). The normalized spacial score (nSPS) is 13.7. The van der Waals surface area contributed by atoms with E-state index in [-0.39, 0.29) is 11.8 Å². The van der Waals surface area contributed by atoms with E-state index in [0.717, 1.165) is 11.3 Å². The number of hydrogen-bond acceptors (Lipinski definition) is 4.